The van der Waals surface area contributed by atoms with E-state index in [0.717, 1.165) is 10.0 Å². The van der Waals surface area contributed by atoms with E-state index in [1.807, 2.05) is 12.1 Å². The molecular formula is C14H11BrClNO2. The van der Waals surface area contributed by atoms with Crippen molar-refractivity contribution in [1.82, 2.24) is 0 Å². The number of carbonyl (C=O) groups is 1. The highest BCUT2D eigenvalue weighted by atomic mass is 79.9. The molecule has 0 heterocycles. The van der Waals surface area contributed by atoms with Crippen molar-refractivity contribution >= 4 is 39.3 Å². The lowest BCUT2D eigenvalue weighted by Crippen LogP contribution is -2.16. The number of amides is 1. The molecule has 2 rings (SSSR count). The Balaban J connectivity index is 1.95. The predicted octanol–water partition coefficient (Wildman–Crippen LogP) is 4.80. The minimum Gasteiger partial charge on any atom is -0.410 e. The molecule has 2 aromatic rings. The van der Waals surface area contributed by atoms with Crippen LogP contribution in [0.15, 0.2) is 53.0 Å². The second kappa shape index (κ2) is 6.59. The van der Waals surface area contributed by atoms with E-state index < -0.39 is 6.09 Å². The zero-order chi connectivity index (χ0) is 13.7. The van der Waals surface area contributed by atoms with Gasteiger partial charge in [0.15, 0.2) is 0 Å². The third-order valence-electron chi connectivity index (χ3n) is 2.38. The molecule has 1 N–H and O–H groups in total. The minimum absolute atomic E-state index is 0.448. The number of nitrogens with one attached hydrogen (secondary N) is 1. The number of alkyl halides is 1. The average molecular weight is 341 g/mol. The van der Waals surface area contributed by atoms with E-state index in [0.29, 0.717) is 17.3 Å². The number of hydrogen-bond acceptors (Lipinski definition) is 2. The maximum absolute atomic E-state index is 11.7. The van der Waals surface area contributed by atoms with E-state index in [9.17, 15) is 4.79 Å². The number of hydrogen-bond donors (Lipinski definition) is 1. The maximum Gasteiger partial charge on any atom is 0.417 e. The van der Waals surface area contributed by atoms with Crippen molar-refractivity contribution in [3.63, 3.8) is 0 Å². The molecule has 19 heavy (non-hydrogen) atoms. The standard InChI is InChI=1S/C14H11BrClNO2/c15-11-3-7-13(8-4-11)19-14(18)17-12-5-1-10(9-16)2-6-12/h1-8H,9H2,(H,17,18). The van der Waals surface area contributed by atoms with Crippen LogP contribution in [-0.4, -0.2) is 6.09 Å². The lowest BCUT2D eigenvalue weighted by molar-refractivity contribution is 0.215. The van der Waals surface area contributed by atoms with Crippen LogP contribution in [0.2, 0.25) is 0 Å². The summed E-state index contributed by atoms with van der Waals surface area (Å²) >= 11 is 9.00. The number of anilines is 1. The van der Waals surface area contributed by atoms with Crippen LogP contribution in [-0.2, 0) is 5.88 Å². The number of halogens is 2. The Labute approximate surface area is 124 Å². The summed E-state index contributed by atoms with van der Waals surface area (Å²) < 4.78 is 6.06. The first-order valence-electron chi connectivity index (χ1n) is 5.56. The maximum atomic E-state index is 11.7. The van der Waals surface area contributed by atoms with Crippen molar-refractivity contribution in [2.75, 3.05) is 5.32 Å². The third-order valence-corrected chi connectivity index (χ3v) is 3.22. The fraction of sp³-hybridized carbons (Fsp3) is 0.0714. The van der Waals surface area contributed by atoms with Crippen molar-refractivity contribution < 1.29 is 9.53 Å². The largest absolute Gasteiger partial charge is 0.417 e. The van der Waals surface area contributed by atoms with Crippen molar-refractivity contribution in [2.24, 2.45) is 0 Å². The molecular weight excluding hydrogens is 330 g/mol. The van der Waals surface area contributed by atoms with Gasteiger partial charge in [-0.25, -0.2) is 4.79 Å². The number of rotatable bonds is 3. The molecule has 0 fully saturated rings. The first-order chi connectivity index (χ1) is 9.17. The van der Waals surface area contributed by atoms with E-state index >= 15 is 0 Å². The van der Waals surface area contributed by atoms with Gasteiger partial charge in [-0.15, -0.1) is 11.6 Å². The molecule has 3 nitrogen and oxygen atoms in total. The van der Waals surface area contributed by atoms with Gasteiger partial charge in [0.05, 0.1) is 0 Å². The van der Waals surface area contributed by atoms with Crippen molar-refractivity contribution in [2.45, 2.75) is 5.88 Å². The monoisotopic (exact) mass is 339 g/mol. The van der Waals surface area contributed by atoms with Crippen LogP contribution >= 0.6 is 27.5 Å². The first kappa shape index (κ1) is 13.9. The van der Waals surface area contributed by atoms with Gasteiger partial charge in [0.25, 0.3) is 0 Å². The molecule has 0 aliphatic carbocycles. The van der Waals surface area contributed by atoms with Gasteiger partial charge in [-0.2, -0.15) is 0 Å². The van der Waals surface area contributed by atoms with Gasteiger partial charge in [0.2, 0.25) is 0 Å². The second-order valence-electron chi connectivity index (χ2n) is 3.80. The van der Waals surface area contributed by atoms with E-state index in [2.05, 4.69) is 21.2 Å². The summed E-state index contributed by atoms with van der Waals surface area (Å²) in [4.78, 5) is 11.7. The van der Waals surface area contributed by atoms with Crippen LogP contribution in [0.3, 0.4) is 0 Å². The number of benzene rings is 2. The Morgan fingerprint density at radius 2 is 1.74 bits per heavy atom. The Bertz CT molecular complexity index is 555. The second-order valence-corrected chi connectivity index (χ2v) is 4.98. The lowest BCUT2D eigenvalue weighted by Gasteiger charge is -2.07. The highest BCUT2D eigenvalue weighted by molar-refractivity contribution is 9.10. The van der Waals surface area contributed by atoms with Crippen molar-refractivity contribution in [1.29, 1.82) is 0 Å². The Hall–Kier alpha value is -1.52. The van der Waals surface area contributed by atoms with Gasteiger partial charge in [0.1, 0.15) is 5.75 Å². The number of ether oxygens (including phenoxy) is 1. The molecule has 5 heteroatoms. The molecule has 2 aromatic carbocycles. The Kier molecular flexibility index (Phi) is 4.82. The van der Waals surface area contributed by atoms with Crippen molar-refractivity contribution in [3.05, 3.63) is 58.6 Å². The molecule has 0 bridgehead atoms. The highest BCUT2D eigenvalue weighted by Gasteiger charge is 2.04. The molecule has 0 unspecified atom stereocenters. The van der Waals surface area contributed by atoms with Gasteiger partial charge < -0.3 is 4.74 Å². The summed E-state index contributed by atoms with van der Waals surface area (Å²) in [5.41, 5.74) is 1.66. The SMILES string of the molecule is O=C(Nc1ccc(CCl)cc1)Oc1ccc(Br)cc1. The first-order valence-corrected chi connectivity index (χ1v) is 6.89. The summed E-state index contributed by atoms with van der Waals surface area (Å²) in [6.45, 7) is 0. The van der Waals surface area contributed by atoms with E-state index in [-0.39, 0.29) is 0 Å². The normalized spacial score (nSPS) is 10.0. The van der Waals surface area contributed by atoms with Crippen LogP contribution in [0.1, 0.15) is 5.56 Å². The highest BCUT2D eigenvalue weighted by Crippen LogP contribution is 2.17. The van der Waals surface area contributed by atoms with Crippen LogP contribution in [0.5, 0.6) is 5.75 Å². The van der Waals surface area contributed by atoms with Crippen LogP contribution in [0.4, 0.5) is 10.5 Å². The molecule has 0 aliphatic heterocycles. The van der Waals surface area contributed by atoms with E-state index in [1.165, 1.54) is 0 Å². The zero-order valence-corrected chi connectivity index (χ0v) is 12.2. The fourth-order valence-corrected chi connectivity index (χ4v) is 1.87. The molecule has 0 saturated carbocycles. The lowest BCUT2D eigenvalue weighted by atomic mass is 10.2. The van der Waals surface area contributed by atoms with Gasteiger partial charge in [0, 0.05) is 16.0 Å². The summed E-state index contributed by atoms with van der Waals surface area (Å²) in [6, 6.07) is 14.3. The smallest absolute Gasteiger partial charge is 0.410 e. The molecule has 1 amide bonds. The predicted molar refractivity (Wildman–Crippen MR) is 79.8 cm³/mol. The quantitative estimate of drug-likeness (QED) is 0.815. The summed E-state index contributed by atoms with van der Waals surface area (Å²) in [7, 11) is 0. The van der Waals surface area contributed by atoms with E-state index in [1.54, 1.807) is 36.4 Å². The average Bonchev–Trinajstić information content (AvgIpc) is 2.42. The molecule has 0 spiro atoms. The third kappa shape index (κ3) is 4.26. The topological polar surface area (TPSA) is 38.3 Å². The fourth-order valence-electron chi connectivity index (χ4n) is 1.43. The van der Waals surface area contributed by atoms with E-state index in [4.69, 9.17) is 16.3 Å². The molecule has 0 radical (unpaired) electrons. The zero-order valence-electron chi connectivity index (χ0n) is 9.90. The summed E-state index contributed by atoms with van der Waals surface area (Å²) in [6.07, 6.45) is -0.527. The molecule has 98 valence electrons. The summed E-state index contributed by atoms with van der Waals surface area (Å²) in [5.74, 6) is 0.932. The molecule has 0 atom stereocenters. The van der Waals surface area contributed by atoms with Crippen molar-refractivity contribution in [3.8, 4) is 5.75 Å². The van der Waals surface area contributed by atoms with Gasteiger partial charge in [-0.05, 0) is 42.0 Å². The molecule has 0 aromatic heterocycles. The minimum atomic E-state index is -0.527. The molecule has 0 aliphatic rings. The molecule has 0 saturated heterocycles. The Morgan fingerprint density at radius 1 is 1.11 bits per heavy atom. The van der Waals surface area contributed by atoms with Crippen LogP contribution in [0.25, 0.3) is 0 Å². The van der Waals surface area contributed by atoms with Crippen LogP contribution in [0, 0.1) is 0 Å². The Morgan fingerprint density at radius 3 is 2.32 bits per heavy atom. The van der Waals surface area contributed by atoms with Gasteiger partial charge in [-0.1, -0.05) is 28.1 Å². The van der Waals surface area contributed by atoms with Gasteiger partial charge >= 0.3 is 6.09 Å². The summed E-state index contributed by atoms with van der Waals surface area (Å²) in [5, 5.41) is 2.64. The van der Waals surface area contributed by atoms with Crippen LogP contribution < -0.4 is 10.1 Å². The number of carbonyl (C=O) groups excluding carboxylic acids is 1. The van der Waals surface area contributed by atoms with Gasteiger partial charge in [-0.3, -0.25) is 5.32 Å².